The number of hydrogen-bond donors (Lipinski definition) is 1. The first-order chi connectivity index (χ1) is 8.70. The third-order valence-corrected chi connectivity index (χ3v) is 5.01. The molecule has 1 aliphatic heterocycles. The minimum atomic E-state index is 0.217. The zero-order chi connectivity index (χ0) is 12.7. The third-order valence-electron chi connectivity index (χ3n) is 3.78. The Hall–Kier alpha value is -0.900. The molecule has 2 nitrogen and oxygen atoms in total. The Bertz CT molecular complexity index is 588. The van der Waals surface area contributed by atoms with Gasteiger partial charge >= 0.3 is 0 Å². The minimum absolute atomic E-state index is 0.217. The van der Waals surface area contributed by atoms with Crippen LogP contribution in [0.4, 0.5) is 0 Å². The predicted molar refractivity (Wildman–Crippen MR) is 77.6 cm³/mol. The maximum atomic E-state index is 5.93. The van der Waals surface area contributed by atoms with E-state index in [2.05, 4.69) is 31.3 Å². The number of ether oxygens (including phenoxy) is 1. The smallest absolute Gasteiger partial charge is 0.0965 e. The highest BCUT2D eigenvalue weighted by Gasteiger charge is 2.25. The Morgan fingerprint density at radius 2 is 2.11 bits per heavy atom. The van der Waals surface area contributed by atoms with Crippen molar-refractivity contribution in [1.29, 1.82) is 0 Å². The lowest BCUT2D eigenvalue weighted by atomic mass is 9.98. The summed E-state index contributed by atoms with van der Waals surface area (Å²) in [5.74, 6) is 0. The van der Waals surface area contributed by atoms with Gasteiger partial charge in [-0.3, -0.25) is 0 Å². The van der Waals surface area contributed by atoms with E-state index in [1.165, 1.54) is 31.7 Å². The maximum absolute atomic E-state index is 5.93. The molecule has 0 saturated carbocycles. The Balaban J connectivity index is 2.20. The van der Waals surface area contributed by atoms with Crippen molar-refractivity contribution in [2.45, 2.75) is 26.4 Å². The van der Waals surface area contributed by atoms with Crippen LogP contribution in [0.2, 0.25) is 0 Å². The van der Waals surface area contributed by atoms with Gasteiger partial charge in [0.15, 0.2) is 0 Å². The van der Waals surface area contributed by atoms with Crippen LogP contribution >= 0.6 is 11.3 Å². The summed E-state index contributed by atoms with van der Waals surface area (Å²) in [6.07, 6.45) is 1.28. The molecule has 1 aliphatic rings. The topological polar surface area (TPSA) is 21.3 Å². The van der Waals surface area contributed by atoms with Crippen molar-refractivity contribution in [2.75, 3.05) is 20.2 Å². The van der Waals surface area contributed by atoms with Crippen molar-refractivity contribution in [1.82, 2.24) is 5.32 Å². The van der Waals surface area contributed by atoms with Crippen LogP contribution in [0.1, 0.15) is 27.7 Å². The molecule has 2 heterocycles. The average molecular weight is 261 g/mol. The lowest BCUT2D eigenvalue weighted by Crippen LogP contribution is -2.24. The molecule has 96 valence electrons. The average Bonchev–Trinajstić information content (AvgIpc) is 2.69. The van der Waals surface area contributed by atoms with Crippen LogP contribution in [0.15, 0.2) is 12.1 Å². The Labute approximate surface area is 112 Å². The highest BCUT2D eigenvalue weighted by molar-refractivity contribution is 7.19. The second kappa shape index (κ2) is 4.65. The lowest BCUT2D eigenvalue weighted by Gasteiger charge is -2.23. The van der Waals surface area contributed by atoms with Gasteiger partial charge in [-0.2, -0.15) is 0 Å². The van der Waals surface area contributed by atoms with Gasteiger partial charge in [0, 0.05) is 28.1 Å². The van der Waals surface area contributed by atoms with Gasteiger partial charge in [-0.05, 0) is 49.5 Å². The van der Waals surface area contributed by atoms with Gasteiger partial charge in [0.1, 0.15) is 0 Å². The largest absolute Gasteiger partial charge is 0.372 e. The van der Waals surface area contributed by atoms with Crippen LogP contribution in [0, 0.1) is 13.8 Å². The molecule has 0 aliphatic carbocycles. The first-order valence-electron chi connectivity index (χ1n) is 6.49. The second-order valence-electron chi connectivity index (χ2n) is 5.04. The standard InChI is InChI=1S/C15H19NOS/c1-9-6-11-14(7-10(9)2)18-13-4-5-17-12(8-16-3)15(11)13/h6-7,12,16H,4-5,8H2,1-3H3. The molecular weight excluding hydrogens is 242 g/mol. The molecular formula is C15H19NOS. The zero-order valence-corrected chi connectivity index (χ0v) is 12.0. The number of thiophene rings is 1. The van der Waals surface area contributed by atoms with E-state index in [9.17, 15) is 0 Å². The minimum Gasteiger partial charge on any atom is -0.372 e. The number of likely N-dealkylation sites (N-methyl/N-ethyl adjacent to an activating group) is 1. The fourth-order valence-electron chi connectivity index (χ4n) is 2.68. The van der Waals surface area contributed by atoms with Gasteiger partial charge in [0.25, 0.3) is 0 Å². The Kier molecular flexibility index (Phi) is 3.14. The third kappa shape index (κ3) is 1.87. The van der Waals surface area contributed by atoms with Crippen LogP contribution in [0.5, 0.6) is 0 Å². The molecule has 1 atom stereocenters. The van der Waals surface area contributed by atoms with Crippen molar-refractivity contribution in [3.63, 3.8) is 0 Å². The van der Waals surface area contributed by atoms with E-state index < -0.39 is 0 Å². The van der Waals surface area contributed by atoms with Gasteiger partial charge in [0.05, 0.1) is 12.7 Å². The summed E-state index contributed by atoms with van der Waals surface area (Å²) in [5, 5.41) is 4.64. The molecule has 1 N–H and O–H groups in total. The van der Waals surface area contributed by atoms with Crippen molar-refractivity contribution in [2.24, 2.45) is 0 Å². The van der Waals surface area contributed by atoms with Crippen LogP contribution in [0.3, 0.4) is 0 Å². The SMILES string of the molecule is CNCC1OCCc2sc3cc(C)c(C)cc3c21. The molecule has 0 radical (unpaired) electrons. The van der Waals surface area contributed by atoms with Crippen LogP contribution < -0.4 is 5.32 Å². The van der Waals surface area contributed by atoms with Gasteiger partial charge < -0.3 is 10.1 Å². The summed E-state index contributed by atoms with van der Waals surface area (Å²) in [4.78, 5) is 1.52. The molecule has 3 heteroatoms. The quantitative estimate of drug-likeness (QED) is 0.895. The summed E-state index contributed by atoms with van der Waals surface area (Å²) in [6, 6.07) is 4.65. The van der Waals surface area contributed by atoms with E-state index in [0.717, 1.165) is 19.6 Å². The number of hydrogen-bond acceptors (Lipinski definition) is 3. The molecule has 0 amide bonds. The highest BCUT2D eigenvalue weighted by Crippen LogP contribution is 2.40. The van der Waals surface area contributed by atoms with Gasteiger partial charge in [0.2, 0.25) is 0 Å². The van der Waals surface area contributed by atoms with Gasteiger partial charge in [-0.25, -0.2) is 0 Å². The van der Waals surface area contributed by atoms with E-state index in [1.807, 2.05) is 18.4 Å². The molecule has 1 unspecified atom stereocenters. The summed E-state index contributed by atoms with van der Waals surface area (Å²) in [6.45, 7) is 6.13. The number of rotatable bonds is 2. The molecule has 18 heavy (non-hydrogen) atoms. The number of fused-ring (bicyclic) bond motifs is 3. The Morgan fingerprint density at radius 3 is 2.89 bits per heavy atom. The molecule has 0 bridgehead atoms. The number of benzene rings is 1. The normalized spacial score (nSPS) is 19.2. The highest BCUT2D eigenvalue weighted by atomic mass is 32.1. The van der Waals surface area contributed by atoms with Crippen LogP contribution in [0.25, 0.3) is 10.1 Å². The second-order valence-corrected chi connectivity index (χ2v) is 6.18. The zero-order valence-electron chi connectivity index (χ0n) is 11.2. The molecule has 0 spiro atoms. The molecule has 1 aromatic heterocycles. The summed E-state index contributed by atoms with van der Waals surface area (Å²) < 4.78 is 7.34. The van der Waals surface area contributed by atoms with Crippen molar-refractivity contribution >= 4 is 21.4 Å². The van der Waals surface area contributed by atoms with Crippen molar-refractivity contribution < 1.29 is 4.74 Å². The molecule has 0 saturated heterocycles. The van der Waals surface area contributed by atoms with Crippen molar-refractivity contribution in [3.8, 4) is 0 Å². The molecule has 3 rings (SSSR count). The number of aryl methyl sites for hydroxylation is 2. The molecule has 1 aromatic carbocycles. The van der Waals surface area contributed by atoms with E-state index >= 15 is 0 Å². The maximum Gasteiger partial charge on any atom is 0.0965 e. The first kappa shape index (κ1) is 12.2. The van der Waals surface area contributed by atoms with E-state index in [4.69, 9.17) is 4.74 Å². The van der Waals surface area contributed by atoms with Crippen LogP contribution in [-0.2, 0) is 11.2 Å². The summed E-state index contributed by atoms with van der Waals surface area (Å²) in [5.41, 5.74) is 4.18. The van der Waals surface area contributed by atoms with E-state index in [-0.39, 0.29) is 6.10 Å². The predicted octanol–water partition coefficient (Wildman–Crippen LogP) is 3.35. The fourth-order valence-corrected chi connectivity index (χ4v) is 4.00. The van der Waals surface area contributed by atoms with Crippen LogP contribution in [-0.4, -0.2) is 20.2 Å². The van der Waals surface area contributed by atoms with Crippen molar-refractivity contribution in [3.05, 3.63) is 33.7 Å². The monoisotopic (exact) mass is 261 g/mol. The lowest BCUT2D eigenvalue weighted by molar-refractivity contribution is 0.0462. The summed E-state index contributed by atoms with van der Waals surface area (Å²) >= 11 is 1.94. The van der Waals surface area contributed by atoms with E-state index in [1.54, 1.807) is 0 Å². The molecule has 2 aromatic rings. The fraction of sp³-hybridized carbons (Fsp3) is 0.467. The number of nitrogens with one attached hydrogen (secondary N) is 1. The van der Waals surface area contributed by atoms with Gasteiger partial charge in [-0.15, -0.1) is 11.3 Å². The van der Waals surface area contributed by atoms with E-state index in [0.29, 0.717) is 0 Å². The summed E-state index contributed by atoms with van der Waals surface area (Å²) in [7, 11) is 1.99. The Morgan fingerprint density at radius 1 is 1.33 bits per heavy atom. The first-order valence-corrected chi connectivity index (χ1v) is 7.31. The molecule has 0 fully saturated rings. The van der Waals surface area contributed by atoms with Gasteiger partial charge in [-0.1, -0.05) is 0 Å².